The van der Waals surface area contributed by atoms with Crippen molar-refractivity contribution in [3.63, 3.8) is 0 Å². The quantitative estimate of drug-likeness (QED) is 0.840. The second kappa shape index (κ2) is 6.58. The molecule has 1 aromatic rings. The van der Waals surface area contributed by atoms with Gasteiger partial charge in [-0.15, -0.1) is 0 Å². The maximum Gasteiger partial charge on any atom is 0.308 e. The zero-order chi connectivity index (χ0) is 15.4. The van der Waals surface area contributed by atoms with Gasteiger partial charge < -0.3 is 15.0 Å². The van der Waals surface area contributed by atoms with E-state index in [1.54, 1.807) is 24.3 Å². The van der Waals surface area contributed by atoms with Crippen molar-refractivity contribution in [2.45, 2.75) is 12.5 Å². The molecule has 2 amide bonds. The number of hydrogen-bond donors (Lipinski definition) is 1. The molecule has 112 valence electrons. The lowest BCUT2D eigenvalue weighted by Gasteiger charge is -2.34. The predicted octanol–water partition coefficient (Wildman–Crippen LogP) is 0.844. The van der Waals surface area contributed by atoms with Crippen molar-refractivity contribution in [1.82, 2.24) is 10.2 Å². The van der Waals surface area contributed by atoms with Crippen LogP contribution in [0.15, 0.2) is 24.3 Å². The molecule has 0 spiro atoms. The summed E-state index contributed by atoms with van der Waals surface area (Å²) in [7, 11) is 1.24. The van der Waals surface area contributed by atoms with E-state index in [1.165, 1.54) is 12.0 Å². The molecular formula is C14H15ClN2O4. The number of ether oxygens (including phenoxy) is 1. The van der Waals surface area contributed by atoms with Crippen molar-refractivity contribution in [2.75, 3.05) is 20.2 Å². The van der Waals surface area contributed by atoms with Gasteiger partial charge in [0.05, 0.1) is 24.1 Å². The van der Waals surface area contributed by atoms with Crippen LogP contribution in [0.2, 0.25) is 5.02 Å². The van der Waals surface area contributed by atoms with Gasteiger partial charge in [0, 0.05) is 13.1 Å². The molecule has 1 N–H and O–H groups in total. The summed E-state index contributed by atoms with van der Waals surface area (Å²) < 4.78 is 4.58. The summed E-state index contributed by atoms with van der Waals surface area (Å²) in [5.41, 5.74) is 0.309. The number of nitrogens with zero attached hydrogens (tertiary/aromatic N) is 1. The Balaban J connectivity index is 2.26. The van der Waals surface area contributed by atoms with Crippen LogP contribution in [0.4, 0.5) is 0 Å². The molecule has 0 bridgehead atoms. The maximum atomic E-state index is 12.6. The van der Waals surface area contributed by atoms with Crippen LogP contribution in [0, 0.1) is 0 Å². The Morgan fingerprint density at radius 2 is 2.14 bits per heavy atom. The van der Waals surface area contributed by atoms with E-state index in [4.69, 9.17) is 11.6 Å². The largest absolute Gasteiger partial charge is 0.469 e. The third-order valence-corrected chi connectivity index (χ3v) is 3.61. The number of esters is 1. The van der Waals surface area contributed by atoms with Gasteiger partial charge in [-0.05, 0) is 12.1 Å². The predicted molar refractivity (Wildman–Crippen MR) is 75.9 cm³/mol. The highest BCUT2D eigenvalue weighted by atomic mass is 35.5. The molecule has 0 radical (unpaired) electrons. The van der Waals surface area contributed by atoms with E-state index >= 15 is 0 Å². The van der Waals surface area contributed by atoms with Crippen molar-refractivity contribution in [2.24, 2.45) is 0 Å². The number of nitrogens with one attached hydrogen (secondary N) is 1. The number of benzene rings is 1. The van der Waals surface area contributed by atoms with Crippen LogP contribution in [0.1, 0.15) is 16.8 Å². The smallest absolute Gasteiger partial charge is 0.308 e. The van der Waals surface area contributed by atoms with E-state index < -0.39 is 12.0 Å². The zero-order valence-electron chi connectivity index (χ0n) is 11.5. The summed E-state index contributed by atoms with van der Waals surface area (Å²) >= 11 is 6.02. The van der Waals surface area contributed by atoms with Gasteiger partial charge in [-0.2, -0.15) is 0 Å². The van der Waals surface area contributed by atoms with Gasteiger partial charge in [0.25, 0.3) is 5.91 Å². The number of carbonyl (C=O) groups excluding carboxylic acids is 3. The highest BCUT2D eigenvalue weighted by Gasteiger charge is 2.35. The van der Waals surface area contributed by atoms with E-state index in [0.717, 1.165) is 0 Å². The fourth-order valence-electron chi connectivity index (χ4n) is 2.19. The van der Waals surface area contributed by atoms with Crippen LogP contribution in [0.5, 0.6) is 0 Å². The minimum absolute atomic E-state index is 0.182. The van der Waals surface area contributed by atoms with Crippen molar-refractivity contribution in [3.8, 4) is 0 Å². The molecule has 1 saturated heterocycles. The maximum absolute atomic E-state index is 12.6. The number of rotatable bonds is 3. The summed E-state index contributed by atoms with van der Waals surface area (Å²) in [6.07, 6.45) is -0.182. The van der Waals surface area contributed by atoms with Gasteiger partial charge >= 0.3 is 5.97 Å². The summed E-state index contributed by atoms with van der Waals surface area (Å²) in [6.45, 7) is 0.657. The summed E-state index contributed by atoms with van der Waals surface area (Å²) in [5, 5.41) is 2.95. The van der Waals surface area contributed by atoms with E-state index in [-0.39, 0.29) is 18.2 Å². The van der Waals surface area contributed by atoms with Gasteiger partial charge in [0.2, 0.25) is 5.91 Å². The van der Waals surface area contributed by atoms with E-state index in [1.807, 2.05) is 0 Å². The van der Waals surface area contributed by atoms with Crippen molar-refractivity contribution >= 4 is 29.4 Å². The third-order valence-electron chi connectivity index (χ3n) is 3.28. The number of amides is 2. The molecule has 1 aromatic carbocycles. The topological polar surface area (TPSA) is 75.7 Å². The monoisotopic (exact) mass is 310 g/mol. The average Bonchev–Trinajstić information content (AvgIpc) is 2.49. The first-order chi connectivity index (χ1) is 10.0. The average molecular weight is 311 g/mol. The Hall–Kier alpha value is -2.08. The van der Waals surface area contributed by atoms with Crippen LogP contribution in [-0.2, 0) is 14.3 Å². The second-order valence-electron chi connectivity index (χ2n) is 4.57. The van der Waals surface area contributed by atoms with E-state index in [0.29, 0.717) is 23.7 Å². The molecule has 1 aliphatic rings. The van der Waals surface area contributed by atoms with Crippen molar-refractivity contribution in [1.29, 1.82) is 0 Å². The van der Waals surface area contributed by atoms with Crippen LogP contribution in [-0.4, -0.2) is 48.9 Å². The summed E-state index contributed by atoms with van der Waals surface area (Å²) in [4.78, 5) is 37.3. The number of halogens is 1. The number of piperazine rings is 1. The first-order valence-electron chi connectivity index (χ1n) is 6.44. The lowest BCUT2D eigenvalue weighted by Crippen LogP contribution is -2.57. The molecule has 0 aliphatic carbocycles. The molecule has 0 saturated carbocycles. The lowest BCUT2D eigenvalue weighted by atomic mass is 10.1. The highest BCUT2D eigenvalue weighted by Crippen LogP contribution is 2.20. The molecule has 1 heterocycles. The Morgan fingerprint density at radius 1 is 1.43 bits per heavy atom. The van der Waals surface area contributed by atoms with Crippen LogP contribution < -0.4 is 5.32 Å². The van der Waals surface area contributed by atoms with Crippen LogP contribution in [0.25, 0.3) is 0 Å². The third kappa shape index (κ3) is 3.33. The molecule has 21 heavy (non-hydrogen) atoms. The molecule has 6 nitrogen and oxygen atoms in total. The standard InChI is InChI=1S/C14H15ClN2O4/c1-21-12(18)8-11-13(19)16-6-7-17(11)14(20)9-4-2-3-5-10(9)15/h2-5,11H,6-8H2,1H3,(H,16,19)/t11-/m1/s1. The van der Waals surface area contributed by atoms with Crippen molar-refractivity contribution < 1.29 is 19.1 Å². The minimum atomic E-state index is -0.880. The SMILES string of the molecule is COC(=O)C[C@@H]1C(=O)NCCN1C(=O)c1ccccc1Cl. The fraction of sp³-hybridized carbons (Fsp3) is 0.357. The molecule has 0 aromatic heterocycles. The number of hydrogen-bond acceptors (Lipinski definition) is 4. The Labute approximate surface area is 127 Å². The molecule has 7 heteroatoms. The fourth-order valence-corrected chi connectivity index (χ4v) is 2.41. The zero-order valence-corrected chi connectivity index (χ0v) is 12.2. The lowest BCUT2D eigenvalue weighted by molar-refractivity contribution is -0.145. The number of carbonyl (C=O) groups is 3. The number of methoxy groups -OCH3 is 1. The van der Waals surface area contributed by atoms with Gasteiger partial charge in [-0.3, -0.25) is 14.4 Å². The van der Waals surface area contributed by atoms with Gasteiger partial charge in [-0.1, -0.05) is 23.7 Å². The van der Waals surface area contributed by atoms with Crippen molar-refractivity contribution in [3.05, 3.63) is 34.9 Å². The van der Waals surface area contributed by atoms with Crippen LogP contribution >= 0.6 is 11.6 Å². The molecule has 1 aliphatic heterocycles. The Bertz CT molecular complexity index is 576. The van der Waals surface area contributed by atoms with Crippen LogP contribution in [0.3, 0.4) is 0 Å². The summed E-state index contributed by atoms with van der Waals surface area (Å²) in [5.74, 6) is -1.29. The van der Waals surface area contributed by atoms with E-state index in [9.17, 15) is 14.4 Å². The molecule has 0 unspecified atom stereocenters. The molecule has 1 atom stereocenters. The Morgan fingerprint density at radius 3 is 2.81 bits per heavy atom. The highest BCUT2D eigenvalue weighted by molar-refractivity contribution is 6.33. The Kier molecular flexibility index (Phi) is 4.80. The minimum Gasteiger partial charge on any atom is -0.469 e. The first-order valence-corrected chi connectivity index (χ1v) is 6.82. The normalized spacial score (nSPS) is 18.1. The van der Waals surface area contributed by atoms with Gasteiger partial charge in [0.1, 0.15) is 6.04 Å². The first kappa shape index (κ1) is 15.3. The second-order valence-corrected chi connectivity index (χ2v) is 4.97. The molecular weight excluding hydrogens is 296 g/mol. The van der Waals surface area contributed by atoms with E-state index in [2.05, 4.69) is 10.1 Å². The van der Waals surface area contributed by atoms with Gasteiger partial charge in [0.15, 0.2) is 0 Å². The molecule has 1 fully saturated rings. The molecule has 2 rings (SSSR count). The van der Waals surface area contributed by atoms with Gasteiger partial charge in [-0.25, -0.2) is 0 Å². The summed E-state index contributed by atoms with van der Waals surface area (Å²) in [6, 6.07) is 5.72.